The third-order valence-corrected chi connectivity index (χ3v) is 5.94. The number of hydrogen-bond donors (Lipinski definition) is 0. The lowest BCUT2D eigenvalue weighted by Gasteiger charge is -2.34. The number of amides is 2. The highest BCUT2D eigenvalue weighted by molar-refractivity contribution is 6.35. The first kappa shape index (κ1) is 21.9. The predicted octanol–water partition coefficient (Wildman–Crippen LogP) is 2.62. The van der Waals surface area contributed by atoms with Crippen molar-refractivity contribution in [1.29, 1.82) is 0 Å². The van der Waals surface area contributed by atoms with Crippen LogP contribution in [0.15, 0.2) is 54.2 Å². The van der Waals surface area contributed by atoms with Crippen LogP contribution in [0.2, 0.25) is 0 Å². The fourth-order valence-corrected chi connectivity index (χ4v) is 4.18. The summed E-state index contributed by atoms with van der Waals surface area (Å²) in [6.07, 6.45) is 0. The number of piperazine rings is 1. The molecule has 0 atom stereocenters. The highest BCUT2D eigenvalue weighted by Gasteiger charge is 2.42. The largest absolute Gasteiger partial charge is 0.496 e. The number of carbonyl (C=O) groups excluding carboxylic acids is 2. The minimum atomic E-state index is -0.279. The van der Waals surface area contributed by atoms with E-state index in [0.717, 1.165) is 30.0 Å². The van der Waals surface area contributed by atoms with Gasteiger partial charge in [0.15, 0.2) is 0 Å². The van der Waals surface area contributed by atoms with Crippen molar-refractivity contribution in [3.05, 3.63) is 65.4 Å². The monoisotopic (exact) mass is 435 g/mol. The topological polar surface area (TPSA) is 62.3 Å². The van der Waals surface area contributed by atoms with Crippen LogP contribution in [0.5, 0.6) is 11.5 Å². The highest BCUT2D eigenvalue weighted by Crippen LogP contribution is 2.34. The molecule has 2 aromatic rings. The van der Waals surface area contributed by atoms with E-state index < -0.39 is 0 Å². The van der Waals surface area contributed by atoms with Gasteiger partial charge in [0.1, 0.15) is 17.2 Å². The summed E-state index contributed by atoms with van der Waals surface area (Å²) < 4.78 is 11.0. The molecule has 0 N–H and O–H groups in total. The Morgan fingerprint density at radius 1 is 0.906 bits per heavy atom. The van der Waals surface area contributed by atoms with Gasteiger partial charge in [-0.25, -0.2) is 0 Å². The molecule has 32 heavy (non-hydrogen) atoms. The molecular formula is C25H29N3O4. The Balaban J connectivity index is 1.71. The van der Waals surface area contributed by atoms with Crippen molar-refractivity contribution < 1.29 is 19.1 Å². The lowest BCUT2D eigenvalue weighted by Crippen LogP contribution is -2.46. The second kappa shape index (κ2) is 9.44. The number of likely N-dealkylation sites (N-methyl/N-ethyl adjacent to an activating group) is 1. The number of carbonyl (C=O) groups is 2. The molecule has 1 fully saturated rings. The van der Waals surface area contributed by atoms with Crippen molar-refractivity contribution in [3.8, 4) is 11.5 Å². The maximum absolute atomic E-state index is 13.6. The molecule has 0 aliphatic carbocycles. The molecule has 0 saturated carbocycles. The number of rotatable bonds is 7. The van der Waals surface area contributed by atoms with Crippen LogP contribution in [0.3, 0.4) is 0 Å². The number of ether oxygens (including phenoxy) is 2. The Kier molecular flexibility index (Phi) is 6.46. The van der Waals surface area contributed by atoms with Gasteiger partial charge in [0.25, 0.3) is 11.8 Å². The summed E-state index contributed by atoms with van der Waals surface area (Å²) >= 11 is 0. The second-order valence-electron chi connectivity index (χ2n) is 7.98. The van der Waals surface area contributed by atoms with E-state index in [1.54, 1.807) is 7.11 Å². The van der Waals surface area contributed by atoms with Crippen molar-refractivity contribution in [2.24, 2.45) is 0 Å². The van der Waals surface area contributed by atoms with Gasteiger partial charge in [0.05, 0.1) is 25.8 Å². The number of imide groups is 1. The van der Waals surface area contributed by atoms with Crippen molar-refractivity contribution in [3.63, 3.8) is 0 Å². The van der Waals surface area contributed by atoms with Gasteiger partial charge in [0, 0.05) is 31.7 Å². The van der Waals surface area contributed by atoms with E-state index in [0.29, 0.717) is 36.7 Å². The van der Waals surface area contributed by atoms with Gasteiger partial charge in [-0.3, -0.25) is 14.5 Å². The molecule has 7 nitrogen and oxygen atoms in total. The number of nitrogens with zero attached hydrogens (tertiary/aromatic N) is 3. The zero-order valence-corrected chi connectivity index (χ0v) is 18.8. The standard InChI is InChI=1S/C25H29N3O4/c1-4-32-20-11-9-18(10-12-20)22-23(27-15-13-26(2)14-16-27)25(30)28(24(22)29)17-19-7-5-6-8-21(19)31-3/h5-12H,4,13-17H2,1-3H3. The molecule has 0 bridgehead atoms. The number of hydrogen-bond acceptors (Lipinski definition) is 6. The average molecular weight is 436 g/mol. The van der Waals surface area contributed by atoms with Gasteiger partial charge in [-0.05, 0) is 37.7 Å². The average Bonchev–Trinajstić information content (AvgIpc) is 3.05. The summed E-state index contributed by atoms with van der Waals surface area (Å²) in [6, 6.07) is 14.9. The maximum atomic E-state index is 13.6. The summed E-state index contributed by atoms with van der Waals surface area (Å²) in [5.74, 6) is 0.859. The zero-order chi connectivity index (χ0) is 22.7. The Hall–Kier alpha value is -3.32. The summed E-state index contributed by atoms with van der Waals surface area (Å²) in [4.78, 5) is 32.8. The molecular weight excluding hydrogens is 406 g/mol. The van der Waals surface area contributed by atoms with Crippen LogP contribution in [-0.4, -0.2) is 73.5 Å². The molecule has 2 aliphatic heterocycles. The van der Waals surface area contributed by atoms with Crippen LogP contribution in [0.4, 0.5) is 0 Å². The van der Waals surface area contributed by atoms with E-state index in [2.05, 4.69) is 11.9 Å². The molecule has 7 heteroatoms. The van der Waals surface area contributed by atoms with Gasteiger partial charge in [-0.1, -0.05) is 30.3 Å². The second-order valence-corrected chi connectivity index (χ2v) is 7.98. The molecule has 0 unspecified atom stereocenters. The van der Waals surface area contributed by atoms with E-state index in [1.165, 1.54) is 4.90 Å². The summed E-state index contributed by atoms with van der Waals surface area (Å²) in [7, 11) is 3.65. The fourth-order valence-electron chi connectivity index (χ4n) is 4.18. The van der Waals surface area contributed by atoms with Crippen LogP contribution in [0.1, 0.15) is 18.1 Å². The van der Waals surface area contributed by atoms with Gasteiger partial charge < -0.3 is 19.3 Å². The van der Waals surface area contributed by atoms with Crippen molar-refractivity contribution in [1.82, 2.24) is 14.7 Å². The zero-order valence-electron chi connectivity index (χ0n) is 18.8. The third-order valence-electron chi connectivity index (χ3n) is 5.94. The van der Waals surface area contributed by atoms with Crippen molar-refractivity contribution in [2.45, 2.75) is 13.5 Å². The molecule has 0 radical (unpaired) electrons. The van der Waals surface area contributed by atoms with E-state index in [9.17, 15) is 9.59 Å². The molecule has 0 spiro atoms. The van der Waals surface area contributed by atoms with E-state index in [4.69, 9.17) is 9.47 Å². The maximum Gasteiger partial charge on any atom is 0.278 e. The fraction of sp³-hybridized carbons (Fsp3) is 0.360. The first-order valence-electron chi connectivity index (χ1n) is 10.9. The third kappa shape index (κ3) is 4.21. The van der Waals surface area contributed by atoms with Crippen molar-refractivity contribution in [2.75, 3.05) is 46.9 Å². The number of para-hydroxylation sites is 1. The van der Waals surface area contributed by atoms with Crippen LogP contribution in [0.25, 0.3) is 5.57 Å². The first-order valence-corrected chi connectivity index (χ1v) is 10.9. The Morgan fingerprint density at radius 2 is 1.59 bits per heavy atom. The molecule has 2 amide bonds. The van der Waals surface area contributed by atoms with Gasteiger partial charge >= 0.3 is 0 Å². The molecule has 2 heterocycles. The Morgan fingerprint density at radius 3 is 2.25 bits per heavy atom. The van der Waals surface area contributed by atoms with Crippen molar-refractivity contribution >= 4 is 17.4 Å². The van der Waals surface area contributed by atoms with Gasteiger partial charge in [-0.15, -0.1) is 0 Å². The quantitative estimate of drug-likeness (QED) is 0.623. The lowest BCUT2D eigenvalue weighted by molar-refractivity contribution is -0.138. The SMILES string of the molecule is CCOc1ccc(C2=C(N3CCN(C)CC3)C(=O)N(Cc3ccccc3OC)C2=O)cc1. The molecule has 0 aromatic heterocycles. The van der Waals surface area contributed by atoms with Crippen LogP contribution >= 0.6 is 0 Å². The minimum absolute atomic E-state index is 0.166. The molecule has 4 rings (SSSR count). The molecule has 168 valence electrons. The smallest absolute Gasteiger partial charge is 0.278 e. The predicted molar refractivity (Wildman–Crippen MR) is 122 cm³/mol. The normalized spacial score (nSPS) is 17.3. The first-order chi connectivity index (χ1) is 15.5. The lowest BCUT2D eigenvalue weighted by atomic mass is 10.0. The van der Waals surface area contributed by atoms with Crippen LogP contribution in [-0.2, 0) is 16.1 Å². The number of methoxy groups -OCH3 is 1. The molecule has 2 aromatic carbocycles. The molecule has 1 saturated heterocycles. The van der Waals surface area contributed by atoms with Crippen LogP contribution in [0, 0.1) is 0 Å². The Bertz CT molecular complexity index is 1020. The van der Waals surface area contributed by atoms with Crippen LogP contribution < -0.4 is 9.47 Å². The minimum Gasteiger partial charge on any atom is -0.496 e. The van der Waals surface area contributed by atoms with Gasteiger partial charge in [0.2, 0.25) is 0 Å². The highest BCUT2D eigenvalue weighted by atomic mass is 16.5. The summed E-state index contributed by atoms with van der Waals surface area (Å²) in [6.45, 7) is 5.75. The number of benzene rings is 2. The summed E-state index contributed by atoms with van der Waals surface area (Å²) in [5, 5.41) is 0. The van der Waals surface area contributed by atoms with E-state index in [-0.39, 0.29) is 18.4 Å². The van der Waals surface area contributed by atoms with E-state index >= 15 is 0 Å². The van der Waals surface area contributed by atoms with E-state index in [1.807, 2.05) is 60.4 Å². The summed E-state index contributed by atoms with van der Waals surface area (Å²) in [5.41, 5.74) is 2.46. The van der Waals surface area contributed by atoms with Gasteiger partial charge in [-0.2, -0.15) is 0 Å². The Labute approximate surface area is 188 Å². The molecule has 2 aliphatic rings.